The van der Waals surface area contributed by atoms with Gasteiger partial charge in [-0.15, -0.1) is 0 Å². The maximum absolute atomic E-state index is 6.65. The first kappa shape index (κ1) is 35.2. The second kappa shape index (κ2) is 13.3. The van der Waals surface area contributed by atoms with Gasteiger partial charge < -0.3 is 13.7 Å². The van der Waals surface area contributed by atoms with Crippen molar-refractivity contribution in [3.05, 3.63) is 247 Å². The van der Waals surface area contributed by atoms with Crippen LogP contribution in [0.1, 0.15) is 22.3 Å². The highest BCUT2D eigenvalue weighted by molar-refractivity contribution is 6.15. The van der Waals surface area contributed by atoms with E-state index >= 15 is 0 Å². The summed E-state index contributed by atoms with van der Waals surface area (Å²) in [5, 5.41) is 4.18. The Morgan fingerprint density at radius 2 is 0.703 bits per heavy atom. The molecule has 2 aromatic heterocycles. The minimum atomic E-state index is -0.456. The Kier molecular flexibility index (Phi) is 7.32. The fraction of sp³-hybridized carbons (Fsp3) is 0.0164. The van der Waals surface area contributed by atoms with E-state index in [1.54, 1.807) is 0 Å². The van der Waals surface area contributed by atoms with Crippen LogP contribution in [0.25, 0.3) is 88.4 Å². The molecule has 3 nitrogen and oxygen atoms in total. The van der Waals surface area contributed by atoms with Gasteiger partial charge in [0.2, 0.25) is 0 Å². The molecule has 2 heterocycles. The molecule has 2 aliphatic carbocycles. The van der Waals surface area contributed by atoms with E-state index in [9.17, 15) is 0 Å². The van der Waals surface area contributed by atoms with E-state index in [0.29, 0.717) is 0 Å². The third-order valence-corrected chi connectivity index (χ3v) is 13.9. The van der Waals surface area contributed by atoms with Crippen LogP contribution in [-0.2, 0) is 5.41 Å². The molecule has 0 amide bonds. The summed E-state index contributed by atoms with van der Waals surface area (Å²) in [6, 6.07) is 81.5. The minimum Gasteiger partial charge on any atom is -0.456 e. The number of anilines is 3. The summed E-state index contributed by atoms with van der Waals surface area (Å²) in [6.07, 6.45) is 0. The van der Waals surface area contributed by atoms with Gasteiger partial charge in [-0.1, -0.05) is 158 Å². The van der Waals surface area contributed by atoms with Gasteiger partial charge in [-0.25, -0.2) is 0 Å². The van der Waals surface area contributed by atoms with Crippen LogP contribution >= 0.6 is 0 Å². The molecule has 0 saturated carbocycles. The molecule has 0 aliphatic heterocycles. The average molecular weight is 816 g/mol. The molecule has 1 spiro atoms. The Balaban J connectivity index is 0.969. The molecule has 0 bridgehead atoms. The summed E-state index contributed by atoms with van der Waals surface area (Å²) in [6.45, 7) is 0. The van der Waals surface area contributed by atoms with Gasteiger partial charge in [0.05, 0.1) is 5.41 Å². The normalized spacial score (nSPS) is 13.1. The first-order valence-electron chi connectivity index (χ1n) is 22.0. The lowest BCUT2D eigenvalue weighted by atomic mass is 9.70. The van der Waals surface area contributed by atoms with Crippen molar-refractivity contribution in [3.63, 3.8) is 0 Å². The molecular weight excluding hydrogens is 779 g/mol. The lowest BCUT2D eigenvalue weighted by Gasteiger charge is -2.32. The topological polar surface area (TPSA) is 29.5 Å². The molecule has 64 heavy (non-hydrogen) atoms. The van der Waals surface area contributed by atoms with E-state index in [-0.39, 0.29) is 0 Å². The van der Waals surface area contributed by atoms with Gasteiger partial charge in [0.1, 0.15) is 22.3 Å². The van der Waals surface area contributed by atoms with E-state index in [0.717, 1.165) is 72.1 Å². The highest BCUT2D eigenvalue weighted by Gasteiger charge is 2.51. The first-order valence-corrected chi connectivity index (χ1v) is 22.0. The van der Waals surface area contributed by atoms with E-state index in [1.807, 2.05) is 6.07 Å². The molecule has 10 aromatic carbocycles. The smallest absolute Gasteiger partial charge is 0.136 e. The monoisotopic (exact) mass is 815 g/mol. The van der Waals surface area contributed by atoms with Crippen LogP contribution in [0, 0.1) is 0 Å². The van der Waals surface area contributed by atoms with Gasteiger partial charge in [-0.3, -0.25) is 0 Å². The molecule has 0 atom stereocenters. The number of rotatable bonds is 5. The predicted octanol–water partition coefficient (Wildman–Crippen LogP) is 16.6. The van der Waals surface area contributed by atoms with Gasteiger partial charge in [0.25, 0.3) is 0 Å². The van der Waals surface area contributed by atoms with Crippen LogP contribution in [0.3, 0.4) is 0 Å². The average Bonchev–Trinajstić information content (AvgIpc) is 4.08. The number of furan rings is 2. The SMILES string of the molecule is c1ccc(-c2ccc(N(c3ccc4c(c3)C3(c5ccccc5-c5ccccc53)c3ccccc3-4)c3ccc4oc5cc6c(cc5c4c3)oc3cc(-c4ccccc4)ccc36)cc2)cc1. The predicted molar refractivity (Wildman–Crippen MR) is 263 cm³/mol. The van der Waals surface area contributed by atoms with Gasteiger partial charge in [-0.2, -0.15) is 0 Å². The van der Waals surface area contributed by atoms with Crippen molar-refractivity contribution in [1.29, 1.82) is 0 Å². The summed E-state index contributed by atoms with van der Waals surface area (Å²) in [5.41, 5.74) is 21.2. The standard InChI is InChI=1S/C61H37NO2/c1-3-13-38(14-4-1)40-23-26-42(27-24-40)62(44-28-31-48-47-19-9-12-22-55(47)61(56(48)35-44)53-20-10-7-17-45(53)46-18-8-11-21-54(46)61)43-29-32-57-50(34-43)52-37-59-51(36-60(52)63-57)49-30-25-41(33-58(49)64-59)39-15-5-2-6-16-39/h1-37H. The van der Waals surface area contributed by atoms with Crippen molar-refractivity contribution < 1.29 is 8.83 Å². The zero-order valence-corrected chi connectivity index (χ0v) is 34.6. The van der Waals surface area contributed by atoms with Crippen molar-refractivity contribution in [1.82, 2.24) is 0 Å². The van der Waals surface area contributed by atoms with Gasteiger partial charge in [-0.05, 0) is 133 Å². The summed E-state index contributed by atoms with van der Waals surface area (Å²) < 4.78 is 13.3. The number of nitrogens with zero attached hydrogens (tertiary/aromatic N) is 1. The van der Waals surface area contributed by atoms with Crippen LogP contribution in [0.2, 0.25) is 0 Å². The third kappa shape index (κ3) is 4.92. The van der Waals surface area contributed by atoms with E-state index in [2.05, 4.69) is 223 Å². The molecule has 14 rings (SSSR count). The second-order valence-corrected chi connectivity index (χ2v) is 17.2. The van der Waals surface area contributed by atoms with E-state index in [4.69, 9.17) is 8.83 Å². The lowest BCUT2D eigenvalue weighted by molar-refractivity contribution is 0.664. The highest BCUT2D eigenvalue weighted by Crippen LogP contribution is 2.63. The quantitative estimate of drug-likeness (QED) is 0.173. The summed E-state index contributed by atoms with van der Waals surface area (Å²) in [5.74, 6) is 0. The number of hydrogen-bond donors (Lipinski definition) is 0. The molecule has 0 N–H and O–H groups in total. The fourth-order valence-corrected chi connectivity index (χ4v) is 11.1. The molecule has 2 aliphatic rings. The maximum atomic E-state index is 6.65. The summed E-state index contributed by atoms with van der Waals surface area (Å²) >= 11 is 0. The molecule has 0 saturated heterocycles. The molecule has 298 valence electrons. The van der Waals surface area contributed by atoms with Gasteiger partial charge >= 0.3 is 0 Å². The van der Waals surface area contributed by atoms with E-state index in [1.165, 1.54) is 55.6 Å². The fourth-order valence-electron chi connectivity index (χ4n) is 11.1. The molecular formula is C61H37NO2. The van der Waals surface area contributed by atoms with Crippen LogP contribution < -0.4 is 4.90 Å². The van der Waals surface area contributed by atoms with Crippen molar-refractivity contribution in [2.45, 2.75) is 5.41 Å². The van der Waals surface area contributed by atoms with Crippen molar-refractivity contribution in [2.24, 2.45) is 0 Å². The molecule has 12 aromatic rings. The number of benzene rings is 10. The van der Waals surface area contributed by atoms with E-state index < -0.39 is 5.41 Å². The summed E-state index contributed by atoms with van der Waals surface area (Å²) in [7, 11) is 0. The van der Waals surface area contributed by atoms with Crippen molar-refractivity contribution in [3.8, 4) is 44.5 Å². The highest BCUT2D eigenvalue weighted by atomic mass is 16.3. The number of fused-ring (bicyclic) bond motifs is 16. The Morgan fingerprint density at radius 3 is 1.34 bits per heavy atom. The first-order chi connectivity index (χ1) is 31.7. The van der Waals surface area contributed by atoms with Crippen LogP contribution in [0.15, 0.2) is 233 Å². The van der Waals surface area contributed by atoms with Gasteiger partial charge in [0, 0.05) is 38.6 Å². The van der Waals surface area contributed by atoms with Crippen molar-refractivity contribution >= 4 is 60.9 Å². The van der Waals surface area contributed by atoms with Gasteiger partial charge in [0.15, 0.2) is 0 Å². The zero-order valence-electron chi connectivity index (χ0n) is 34.6. The van der Waals surface area contributed by atoms with Crippen LogP contribution in [0.4, 0.5) is 17.1 Å². The Bertz CT molecular complexity index is 3780. The second-order valence-electron chi connectivity index (χ2n) is 17.2. The Hall–Kier alpha value is -8.40. The Labute approximate surface area is 369 Å². The van der Waals surface area contributed by atoms with Crippen molar-refractivity contribution in [2.75, 3.05) is 4.90 Å². The third-order valence-electron chi connectivity index (χ3n) is 13.9. The van der Waals surface area contributed by atoms with Crippen LogP contribution in [0.5, 0.6) is 0 Å². The van der Waals surface area contributed by atoms with Crippen LogP contribution in [-0.4, -0.2) is 0 Å². The molecule has 3 heteroatoms. The summed E-state index contributed by atoms with van der Waals surface area (Å²) in [4.78, 5) is 2.40. The minimum absolute atomic E-state index is 0.456. The molecule has 0 unspecified atom stereocenters. The molecule has 0 fully saturated rings. The maximum Gasteiger partial charge on any atom is 0.136 e. The lowest BCUT2D eigenvalue weighted by Crippen LogP contribution is -2.26. The largest absolute Gasteiger partial charge is 0.456 e. The Morgan fingerprint density at radius 1 is 0.266 bits per heavy atom. The number of hydrogen-bond acceptors (Lipinski definition) is 3. The zero-order chi connectivity index (χ0) is 41.9. The molecule has 0 radical (unpaired) electrons.